The third-order valence-corrected chi connectivity index (χ3v) is 4.90. The fraction of sp³-hybridized carbons (Fsp3) is 0.100. The highest BCUT2D eigenvalue weighted by Gasteiger charge is 2.04. The predicted octanol–water partition coefficient (Wildman–Crippen LogP) is 4.17. The highest BCUT2D eigenvalue weighted by atomic mass is 32.2. The topological polar surface area (TPSA) is 79.4 Å². The van der Waals surface area contributed by atoms with E-state index in [9.17, 15) is 0 Å². The molecule has 0 amide bonds. The van der Waals surface area contributed by atoms with Crippen molar-refractivity contribution in [3.63, 3.8) is 0 Å². The maximum atomic E-state index is 4.64. The minimum atomic E-state index is 0.656. The molecule has 2 heterocycles. The van der Waals surface area contributed by atoms with Gasteiger partial charge in [-0.2, -0.15) is 5.10 Å². The molecule has 0 radical (unpaired) electrons. The fourth-order valence-electron chi connectivity index (χ4n) is 2.60. The van der Waals surface area contributed by atoms with Crippen molar-refractivity contribution in [2.24, 2.45) is 0 Å². The Bertz CT molecular complexity index is 988. The van der Waals surface area contributed by atoms with Gasteiger partial charge in [-0.05, 0) is 17.2 Å². The lowest BCUT2D eigenvalue weighted by molar-refractivity contribution is 1.01. The van der Waals surface area contributed by atoms with E-state index in [4.69, 9.17) is 0 Å². The molecule has 0 fully saturated rings. The summed E-state index contributed by atoms with van der Waals surface area (Å²) in [7, 11) is 0. The number of hydrogen-bond acceptors (Lipinski definition) is 6. The Morgan fingerprint density at radius 3 is 2.70 bits per heavy atom. The quantitative estimate of drug-likeness (QED) is 0.473. The Hall–Kier alpha value is -3.19. The van der Waals surface area contributed by atoms with Gasteiger partial charge < -0.3 is 5.32 Å². The first-order valence-corrected chi connectivity index (χ1v) is 9.53. The lowest BCUT2D eigenvalue weighted by atomic mass is 10.1. The van der Waals surface area contributed by atoms with Crippen LogP contribution < -0.4 is 5.32 Å². The number of benzene rings is 2. The molecule has 0 saturated carbocycles. The number of hydrogen-bond donors (Lipinski definition) is 2. The van der Waals surface area contributed by atoms with E-state index in [0.29, 0.717) is 6.54 Å². The van der Waals surface area contributed by atoms with Crippen LogP contribution in [0.1, 0.15) is 11.1 Å². The molecule has 0 spiro atoms. The summed E-state index contributed by atoms with van der Waals surface area (Å²) in [6.07, 6.45) is 5.05. The van der Waals surface area contributed by atoms with Crippen LogP contribution in [0.15, 0.2) is 78.3 Å². The smallest absolute Gasteiger partial charge is 0.155 e. The number of rotatable bonds is 7. The zero-order chi connectivity index (χ0) is 18.3. The number of H-pyrrole nitrogens is 1. The Balaban J connectivity index is 1.38. The van der Waals surface area contributed by atoms with E-state index >= 15 is 0 Å². The molecule has 134 valence electrons. The van der Waals surface area contributed by atoms with Gasteiger partial charge in [0.05, 0.1) is 12.4 Å². The summed E-state index contributed by atoms with van der Waals surface area (Å²) in [5.41, 5.74) is 3.41. The van der Waals surface area contributed by atoms with Crippen LogP contribution in [0.4, 0.5) is 5.82 Å². The van der Waals surface area contributed by atoms with Crippen molar-refractivity contribution < 1.29 is 0 Å². The Morgan fingerprint density at radius 1 is 0.963 bits per heavy atom. The number of nitrogens with one attached hydrogen (secondary N) is 2. The molecule has 0 aliphatic rings. The van der Waals surface area contributed by atoms with Gasteiger partial charge in [0, 0.05) is 17.9 Å². The van der Waals surface area contributed by atoms with E-state index in [1.165, 1.54) is 11.9 Å². The Kier molecular flexibility index (Phi) is 5.40. The van der Waals surface area contributed by atoms with Crippen molar-refractivity contribution in [2.75, 3.05) is 5.32 Å². The van der Waals surface area contributed by atoms with E-state index in [1.54, 1.807) is 24.2 Å². The zero-order valence-electron chi connectivity index (χ0n) is 14.5. The van der Waals surface area contributed by atoms with Crippen LogP contribution in [0.2, 0.25) is 0 Å². The van der Waals surface area contributed by atoms with Gasteiger partial charge in [-0.1, -0.05) is 48.5 Å². The molecule has 4 rings (SSSR count). The van der Waals surface area contributed by atoms with Gasteiger partial charge in [-0.3, -0.25) is 10.1 Å². The molecule has 0 aliphatic carbocycles. The first kappa shape index (κ1) is 17.2. The number of nitrogens with zero attached hydrogens (tertiary/aromatic N) is 4. The summed E-state index contributed by atoms with van der Waals surface area (Å²) in [5.74, 6) is 2.40. The maximum Gasteiger partial charge on any atom is 0.155 e. The maximum absolute atomic E-state index is 4.64. The van der Waals surface area contributed by atoms with Gasteiger partial charge >= 0.3 is 0 Å². The third kappa shape index (κ3) is 4.71. The normalized spacial score (nSPS) is 10.7. The van der Waals surface area contributed by atoms with Crippen molar-refractivity contribution in [2.45, 2.75) is 17.3 Å². The van der Waals surface area contributed by atoms with Gasteiger partial charge in [0.2, 0.25) is 0 Å². The van der Waals surface area contributed by atoms with Crippen molar-refractivity contribution in [3.05, 3.63) is 84.4 Å². The van der Waals surface area contributed by atoms with E-state index in [1.807, 2.05) is 30.3 Å². The zero-order valence-corrected chi connectivity index (χ0v) is 15.4. The number of aromatic nitrogens is 5. The average Bonchev–Trinajstić information content (AvgIpc) is 3.27. The predicted molar refractivity (Wildman–Crippen MR) is 107 cm³/mol. The minimum Gasteiger partial charge on any atom is -0.365 e. The van der Waals surface area contributed by atoms with Gasteiger partial charge in [-0.25, -0.2) is 9.97 Å². The molecule has 0 saturated heterocycles. The van der Waals surface area contributed by atoms with Crippen molar-refractivity contribution >= 4 is 17.6 Å². The molecular formula is C20H18N6S. The summed E-state index contributed by atoms with van der Waals surface area (Å²) >= 11 is 1.68. The van der Waals surface area contributed by atoms with Crippen LogP contribution in [-0.4, -0.2) is 25.1 Å². The molecular weight excluding hydrogens is 356 g/mol. The van der Waals surface area contributed by atoms with E-state index in [-0.39, 0.29) is 0 Å². The molecule has 2 aromatic heterocycles. The largest absolute Gasteiger partial charge is 0.365 e. The second-order valence-electron chi connectivity index (χ2n) is 5.90. The minimum absolute atomic E-state index is 0.656. The van der Waals surface area contributed by atoms with Gasteiger partial charge in [0.1, 0.15) is 17.2 Å². The molecule has 6 nitrogen and oxygen atoms in total. The van der Waals surface area contributed by atoms with E-state index in [2.05, 4.69) is 54.7 Å². The molecule has 0 atom stereocenters. The Morgan fingerprint density at radius 2 is 1.85 bits per heavy atom. The van der Waals surface area contributed by atoms with Crippen molar-refractivity contribution in [3.8, 4) is 11.4 Å². The summed E-state index contributed by atoms with van der Waals surface area (Å²) in [6.45, 7) is 0.656. The van der Waals surface area contributed by atoms with Gasteiger partial charge in [-0.15, -0.1) is 11.8 Å². The van der Waals surface area contributed by atoms with Crippen LogP contribution in [0.5, 0.6) is 0 Å². The first-order valence-electron chi connectivity index (χ1n) is 8.54. The monoisotopic (exact) mass is 374 g/mol. The highest BCUT2D eigenvalue weighted by Crippen LogP contribution is 2.21. The van der Waals surface area contributed by atoms with E-state index in [0.717, 1.165) is 33.5 Å². The fourth-order valence-corrected chi connectivity index (χ4v) is 3.41. The van der Waals surface area contributed by atoms with Crippen molar-refractivity contribution in [1.82, 2.24) is 25.1 Å². The Labute approximate surface area is 161 Å². The second-order valence-corrected chi connectivity index (χ2v) is 6.90. The third-order valence-electron chi connectivity index (χ3n) is 3.93. The molecule has 4 aromatic rings. The highest BCUT2D eigenvalue weighted by molar-refractivity contribution is 7.98. The van der Waals surface area contributed by atoms with Crippen LogP contribution in [0.25, 0.3) is 11.4 Å². The summed E-state index contributed by atoms with van der Waals surface area (Å²) < 4.78 is 0. The molecule has 2 N–H and O–H groups in total. The second kappa shape index (κ2) is 8.46. The summed E-state index contributed by atoms with van der Waals surface area (Å²) in [5, 5.41) is 11.0. The number of anilines is 1. The molecule has 0 bridgehead atoms. The van der Waals surface area contributed by atoms with Crippen molar-refractivity contribution in [1.29, 1.82) is 0 Å². The van der Waals surface area contributed by atoms with E-state index < -0.39 is 0 Å². The molecule has 7 heteroatoms. The van der Waals surface area contributed by atoms with Crippen LogP contribution in [-0.2, 0) is 12.3 Å². The molecule has 2 aromatic carbocycles. The lowest BCUT2D eigenvalue weighted by Crippen LogP contribution is -2.02. The van der Waals surface area contributed by atoms with Crippen LogP contribution in [0, 0.1) is 0 Å². The number of thioether (sulfide) groups is 1. The van der Waals surface area contributed by atoms with Gasteiger partial charge in [0.25, 0.3) is 0 Å². The summed E-state index contributed by atoms with van der Waals surface area (Å²) in [6, 6.07) is 18.5. The lowest BCUT2D eigenvalue weighted by Gasteiger charge is -2.08. The molecule has 0 aliphatic heterocycles. The van der Waals surface area contributed by atoms with Gasteiger partial charge in [0.15, 0.2) is 5.82 Å². The van der Waals surface area contributed by atoms with Crippen LogP contribution >= 0.6 is 11.8 Å². The summed E-state index contributed by atoms with van der Waals surface area (Å²) in [4.78, 5) is 13.1. The molecule has 0 unspecified atom stereocenters. The SMILES string of the molecule is c1ccc(CSc2cncc(NCc3cccc(-c4ncn[nH]4)c3)n2)cc1. The first-order chi connectivity index (χ1) is 13.4. The van der Waals surface area contributed by atoms with Crippen LogP contribution in [0.3, 0.4) is 0 Å². The molecule has 27 heavy (non-hydrogen) atoms. The average molecular weight is 374 g/mol. The number of aromatic amines is 1. The standard InChI is InChI=1S/C20H18N6S/c1-2-5-15(6-3-1)13-27-19-12-21-11-18(25-19)22-10-16-7-4-8-17(9-16)20-23-14-24-26-20/h1-9,11-12,14H,10,13H2,(H,22,25)(H,23,24,26).